The van der Waals surface area contributed by atoms with Crippen molar-refractivity contribution in [2.75, 3.05) is 5.73 Å². The summed E-state index contributed by atoms with van der Waals surface area (Å²) < 4.78 is 0. The molecule has 0 unspecified atom stereocenters. The van der Waals surface area contributed by atoms with E-state index in [1.165, 1.54) is 17.8 Å². The Morgan fingerprint density at radius 2 is 2.05 bits per heavy atom. The third-order valence-electron chi connectivity index (χ3n) is 2.47. The maximum Gasteiger partial charge on any atom is 0.269 e. The Balaban J connectivity index is 2.10. The summed E-state index contributed by atoms with van der Waals surface area (Å²) in [5, 5.41) is 11.3. The van der Waals surface area contributed by atoms with E-state index >= 15 is 0 Å². The second-order valence-electron chi connectivity index (χ2n) is 3.91. The first-order valence-electron chi connectivity index (χ1n) is 5.47. The number of nitrogen functional groups attached to an aromatic ring is 1. The first-order valence-corrected chi connectivity index (χ1v) is 6.84. The van der Waals surface area contributed by atoms with E-state index in [4.69, 9.17) is 17.3 Å². The van der Waals surface area contributed by atoms with Crippen LogP contribution in [0.1, 0.15) is 5.56 Å². The fourth-order valence-corrected chi connectivity index (χ4v) is 2.77. The topological polar surface area (TPSA) is 69.2 Å². The van der Waals surface area contributed by atoms with Crippen LogP contribution in [0.3, 0.4) is 0 Å². The van der Waals surface area contributed by atoms with Crippen LogP contribution in [0.15, 0.2) is 47.4 Å². The number of rotatable bonds is 4. The van der Waals surface area contributed by atoms with Crippen molar-refractivity contribution in [2.45, 2.75) is 10.6 Å². The highest BCUT2D eigenvalue weighted by atomic mass is 35.5. The smallest absolute Gasteiger partial charge is 0.269 e. The van der Waals surface area contributed by atoms with Crippen molar-refractivity contribution in [1.82, 2.24) is 0 Å². The number of anilines is 1. The number of non-ortho nitro benzene ring substituents is 1. The average molecular weight is 295 g/mol. The van der Waals surface area contributed by atoms with Gasteiger partial charge in [0.1, 0.15) is 0 Å². The number of benzene rings is 2. The van der Waals surface area contributed by atoms with E-state index < -0.39 is 4.92 Å². The molecule has 0 spiro atoms. The number of nitrogens with two attached hydrogens (primary N) is 1. The molecule has 6 heteroatoms. The van der Waals surface area contributed by atoms with Crippen molar-refractivity contribution in [1.29, 1.82) is 0 Å². The van der Waals surface area contributed by atoms with Gasteiger partial charge in [-0.3, -0.25) is 10.1 Å². The largest absolute Gasteiger partial charge is 0.399 e. The van der Waals surface area contributed by atoms with E-state index in [0.717, 1.165) is 10.5 Å². The Kier molecular flexibility index (Phi) is 4.29. The van der Waals surface area contributed by atoms with Gasteiger partial charge in [0.05, 0.1) is 9.95 Å². The van der Waals surface area contributed by atoms with Gasteiger partial charge in [-0.25, -0.2) is 0 Å². The third-order valence-corrected chi connectivity index (χ3v) is 4.04. The average Bonchev–Trinajstić information content (AvgIpc) is 2.38. The van der Waals surface area contributed by atoms with Crippen LogP contribution in [0.4, 0.5) is 11.4 Å². The second-order valence-corrected chi connectivity index (χ2v) is 5.33. The molecular weight excluding hydrogens is 284 g/mol. The molecule has 0 fully saturated rings. The summed E-state index contributed by atoms with van der Waals surface area (Å²) in [7, 11) is 0. The maximum absolute atomic E-state index is 10.7. The van der Waals surface area contributed by atoms with Crippen LogP contribution in [0.2, 0.25) is 5.02 Å². The molecule has 0 atom stereocenters. The first-order chi connectivity index (χ1) is 9.06. The Bertz CT molecular complexity index is 619. The van der Waals surface area contributed by atoms with Gasteiger partial charge >= 0.3 is 0 Å². The highest BCUT2D eigenvalue weighted by Crippen LogP contribution is 2.31. The number of halogens is 1. The number of nitro groups is 1. The lowest BCUT2D eigenvalue weighted by Gasteiger charge is -2.05. The van der Waals surface area contributed by atoms with Gasteiger partial charge in [-0.15, -0.1) is 11.8 Å². The van der Waals surface area contributed by atoms with Crippen molar-refractivity contribution in [3.8, 4) is 0 Å². The maximum atomic E-state index is 10.7. The minimum atomic E-state index is -0.398. The predicted molar refractivity (Wildman–Crippen MR) is 78.5 cm³/mol. The highest BCUT2D eigenvalue weighted by molar-refractivity contribution is 7.98. The standard InChI is InChI=1S/C13H11ClN2O2S/c14-12-7-10(15)4-5-13(12)19-8-9-2-1-3-11(6-9)16(17)18/h1-7H,8,15H2. The Labute approximate surface area is 119 Å². The zero-order valence-corrected chi connectivity index (χ0v) is 11.4. The first kappa shape index (κ1) is 13.7. The van der Waals surface area contributed by atoms with Crippen molar-refractivity contribution in [3.05, 3.63) is 63.2 Å². The van der Waals surface area contributed by atoms with Crippen LogP contribution >= 0.6 is 23.4 Å². The molecular formula is C13H11ClN2O2S. The van der Waals surface area contributed by atoms with Crippen LogP contribution in [-0.4, -0.2) is 4.92 Å². The monoisotopic (exact) mass is 294 g/mol. The van der Waals surface area contributed by atoms with Crippen LogP contribution in [0.25, 0.3) is 0 Å². The van der Waals surface area contributed by atoms with E-state index in [1.807, 2.05) is 12.1 Å². The highest BCUT2D eigenvalue weighted by Gasteiger charge is 2.07. The molecule has 0 bridgehead atoms. The molecule has 0 saturated heterocycles. The third kappa shape index (κ3) is 3.62. The van der Waals surface area contributed by atoms with Crippen LogP contribution in [-0.2, 0) is 5.75 Å². The van der Waals surface area contributed by atoms with Gasteiger partial charge in [-0.05, 0) is 23.8 Å². The van der Waals surface area contributed by atoms with Gasteiger partial charge in [0.2, 0.25) is 0 Å². The number of hydrogen-bond acceptors (Lipinski definition) is 4. The molecule has 2 aromatic rings. The summed E-state index contributed by atoms with van der Waals surface area (Å²) in [4.78, 5) is 11.2. The molecule has 19 heavy (non-hydrogen) atoms. The summed E-state index contributed by atoms with van der Waals surface area (Å²) >= 11 is 7.59. The minimum absolute atomic E-state index is 0.0986. The van der Waals surface area contributed by atoms with Crippen molar-refractivity contribution in [3.63, 3.8) is 0 Å². The number of nitrogens with zero attached hydrogens (tertiary/aromatic N) is 1. The van der Waals surface area contributed by atoms with E-state index in [-0.39, 0.29) is 5.69 Å². The predicted octanol–water partition coefficient (Wildman–Crippen LogP) is 4.12. The lowest BCUT2D eigenvalue weighted by atomic mass is 10.2. The molecule has 0 aromatic heterocycles. The number of nitro benzene ring substituents is 1. The molecule has 0 aliphatic carbocycles. The molecule has 0 amide bonds. The Hall–Kier alpha value is -1.72. The van der Waals surface area contributed by atoms with E-state index in [2.05, 4.69) is 0 Å². The van der Waals surface area contributed by atoms with Gasteiger partial charge < -0.3 is 5.73 Å². The fourth-order valence-electron chi connectivity index (χ4n) is 1.56. The molecule has 4 nitrogen and oxygen atoms in total. The van der Waals surface area contributed by atoms with E-state index in [9.17, 15) is 10.1 Å². The summed E-state index contributed by atoms with van der Waals surface area (Å²) in [6, 6.07) is 11.9. The van der Waals surface area contributed by atoms with E-state index in [1.54, 1.807) is 24.3 Å². The molecule has 0 saturated carbocycles. The minimum Gasteiger partial charge on any atom is -0.399 e. The molecule has 0 aliphatic heterocycles. The van der Waals surface area contributed by atoms with Crippen LogP contribution in [0, 0.1) is 10.1 Å². The van der Waals surface area contributed by atoms with Crippen LogP contribution in [0.5, 0.6) is 0 Å². The molecule has 2 rings (SSSR count). The van der Waals surface area contributed by atoms with Gasteiger partial charge in [-0.1, -0.05) is 23.7 Å². The molecule has 98 valence electrons. The molecule has 2 N–H and O–H groups in total. The zero-order valence-electron chi connectivity index (χ0n) is 9.88. The second kappa shape index (κ2) is 5.95. The van der Waals surface area contributed by atoms with Gasteiger partial charge in [0.25, 0.3) is 5.69 Å². The number of thioether (sulfide) groups is 1. The van der Waals surface area contributed by atoms with E-state index in [0.29, 0.717) is 16.5 Å². The summed E-state index contributed by atoms with van der Waals surface area (Å²) in [5.74, 6) is 0.616. The van der Waals surface area contributed by atoms with Crippen molar-refractivity contribution < 1.29 is 4.92 Å². The zero-order chi connectivity index (χ0) is 13.8. The summed E-state index contributed by atoms with van der Waals surface area (Å²) in [6.07, 6.45) is 0. The summed E-state index contributed by atoms with van der Waals surface area (Å²) in [6.45, 7) is 0. The van der Waals surface area contributed by atoms with Crippen LogP contribution < -0.4 is 5.73 Å². The molecule has 0 aliphatic rings. The summed E-state index contributed by atoms with van der Waals surface area (Å²) in [5.41, 5.74) is 7.21. The fraction of sp³-hybridized carbons (Fsp3) is 0.0769. The molecule has 2 aromatic carbocycles. The molecule has 0 radical (unpaired) electrons. The lowest BCUT2D eigenvalue weighted by molar-refractivity contribution is -0.384. The Morgan fingerprint density at radius 3 is 2.74 bits per heavy atom. The quantitative estimate of drug-likeness (QED) is 0.398. The number of hydrogen-bond donors (Lipinski definition) is 1. The van der Waals surface area contributed by atoms with Gasteiger partial charge in [0.15, 0.2) is 0 Å². The van der Waals surface area contributed by atoms with Gasteiger partial charge in [0, 0.05) is 28.5 Å². The van der Waals surface area contributed by atoms with Crippen molar-refractivity contribution >= 4 is 34.7 Å². The van der Waals surface area contributed by atoms with Gasteiger partial charge in [-0.2, -0.15) is 0 Å². The SMILES string of the molecule is Nc1ccc(SCc2cccc([N+](=O)[O-])c2)c(Cl)c1. The molecule has 0 heterocycles. The lowest BCUT2D eigenvalue weighted by Crippen LogP contribution is -1.89. The normalized spacial score (nSPS) is 10.4. The van der Waals surface area contributed by atoms with Crippen molar-refractivity contribution in [2.24, 2.45) is 0 Å². The Morgan fingerprint density at radius 1 is 1.26 bits per heavy atom.